The van der Waals surface area contributed by atoms with Crippen LogP contribution in [0.15, 0.2) is 52.9 Å². The lowest BCUT2D eigenvalue weighted by atomic mass is 10.1. The van der Waals surface area contributed by atoms with Crippen molar-refractivity contribution in [2.75, 3.05) is 13.7 Å². The summed E-state index contributed by atoms with van der Waals surface area (Å²) in [6.45, 7) is 2.27. The minimum absolute atomic E-state index is 0.122. The van der Waals surface area contributed by atoms with Gasteiger partial charge in [0.25, 0.3) is 5.91 Å². The number of rotatable bonds is 6. The summed E-state index contributed by atoms with van der Waals surface area (Å²) in [5, 5.41) is 10.7. The van der Waals surface area contributed by atoms with Crippen molar-refractivity contribution in [2.24, 2.45) is 0 Å². The number of ether oxygens (including phenoxy) is 1. The van der Waals surface area contributed by atoms with Crippen molar-refractivity contribution in [2.45, 2.75) is 13.3 Å². The molecule has 0 radical (unpaired) electrons. The van der Waals surface area contributed by atoms with E-state index in [2.05, 4.69) is 15.5 Å². The molecule has 1 heterocycles. The van der Waals surface area contributed by atoms with Crippen LogP contribution < -0.4 is 10.1 Å². The van der Waals surface area contributed by atoms with Gasteiger partial charge in [-0.15, -0.1) is 10.2 Å². The largest absolute Gasteiger partial charge is 0.496 e. The van der Waals surface area contributed by atoms with Crippen molar-refractivity contribution < 1.29 is 13.9 Å². The summed E-state index contributed by atoms with van der Waals surface area (Å²) in [6.07, 6.45) is 0.703. The molecule has 0 aliphatic heterocycles. The maximum Gasteiger partial charge on any atom is 0.251 e. The Hall–Kier alpha value is -3.15. The van der Waals surface area contributed by atoms with Crippen molar-refractivity contribution in [3.63, 3.8) is 0 Å². The zero-order valence-electron chi connectivity index (χ0n) is 14.2. The molecule has 0 saturated carbocycles. The molecule has 6 heteroatoms. The highest BCUT2D eigenvalue weighted by atomic mass is 16.5. The maximum absolute atomic E-state index is 12.2. The molecule has 0 atom stereocenters. The Morgan fingerprint density at radius 2 is 1.88 bits per heavy atom. The Labute approximate surface area is 145 Å². The summed E-state index contributed by atoms with van der Waals surface area (Å²) in [5.41, 5.74) is 2.43. The van der Waals surface area contributed by atoms with Gasteiger partial charge < -0.3 is 14.5 Å². The van der Waals surface area contributed by atoms with E-state index in [1.165, 1.54) is 0 Å². The molecule has 6 nitrogen and oxygen atoms in total. The van der Waals surface area contributed by atoms with Crippen molar-refractivity contribution >= 4 is 5.91 Å². The number of aromatic nitrogens is 2. The molecular weight excluding hydrogens is 318 g/mol. The number of benzene rings is 2. The summed E-state index contributed by atoms with van der Waals surface area (Å²) >= 11 is 0. The van der Waals surface area contributed by atoms with Crippen LogP contribution in [0, 0.1) is 6.92 Å². The quantitative estimate of drug-likeness (QED) is 0.748. The molecule has 1 aromatic heterocycles. The molecular formula is C19H19N3O3. The Morgan fingerprint density at radius 3 is 2.56 bits per heavy atom. The zero-order chi connectivity index (χ0) is 17.6. The number of carbonyl (C=O) groups is 1. The third kappa shape index (κ3) is 4.03. The van der Waals surface area contributed by atoms with Crippen LogP contribution in [0.5, 0.6) is 5.75 Å². The predicted molar refractivity (Wildman–Crippen MR) is 93.5 cm³/mol. The van der Waals surface area contributed by atoms with E-state index in [0.29, 0.717) is 30.3 Å². The number of nitrogens with zero attached hydrogens (tertiary/aromatic N) is 2. The van der Waals surface area contributed by atoms with E-state index in [9.17, 15) is 4.79 Å². The Morgan fingerprint density at radius 1 is 1.12 bits per heavy atom. The summed E-state index contributed by atoms with van der Waals surface area (Å²) in [7, 11) is 1.64. The average molecular weight is 337 g/mol. The number of aryl methyl sites for hydroxylation is 1. The van der Waals surface area contributed by atoms with Gasteiger partial charge in [0.1, 0.15) is 5.75 Å². The van der Waals surface area contributed by atoms with Crippen molar-refractivity contribution in [1.82, 2.24) is 15.5 Å². The number of carbonyl (C=O) groups excluding carboxylic acids is 1. The van der Waals surface area contributed by atoms with Crippen LogP contribution in [0.3, 0.4) is 0 Å². The van der Waals surface area contributed by atoms with Gasteiger partial charge in [-0.25, -0.2) is 0 Å². The van der Waals surface area contributed by atoms with Crippen LogP contribution >= 0.6 is 0 Å². The SMILES string of the molecule is COc1ccccc1CCNC(=O)c1ccc(-c2nnc(C)o2)cc1. The van der Waals surface area contributed by atoms with E-state index in [4.69, 9.17) is 9.15 Å². The fourth-order valence-electron chi connectivity index (χ4n) is 2.50. The lowest BCUT2D eigenvalue weighted by molar-refractivity contribution is 0.0954. The first kappa shape index (κ1) is 16.7. The molecule has 0 saturated heterocycles. The zero-order valence-corrected chi connectivity index (χ0v) is 14.2. The minimum Gasteiger partial charge on any atom is -0.496 e. The van der Waals surface area contributed by atoms with E-state index in [0.717, 1.165) is 16.9 Å². The Kier molecular flexibility index (Phi) is 5.09. The molecule has 2 aromatic carbocycles. The molecule has 25 heavy (non-hydrogen) atoms. The van der Waals surface area contributed by atoms with E-state index in [1.807, 2.05) is 24.3 Å². The molecule has 3 aromatic rings. The molecule has 0 unspecified atom stereocenters. The van der Waals surface area contributed by atoms with Crippen LogP contribution in [0.1, 0.15) is 21.8 Å². The van der Waals surface area contributed by atoms with Crippen molar-refractivity contribution in [3.8, 4) is 17.2 Å². The summed E-state index contributed by atoms with van der Waals surface area (Å²) in [5.74, 6) is 1.66. The van der Waals surface area contributed by atoms with Gasteiger partial charge in [0, 0.05) is 24.6 Å². The minimum atomic E-state index is -0.122. The first-order valence-electron chi connectivity index (χ1n) is 7.98. The van der Waals surface area contributed by atoms with Gasteiger partial charge in [-0.05, 0) is 42.3 Å². The molecule has 3 rings (SSSR count). The van der Waals surface area contributed by atoms with Gasteiger partial charge in [-0.1, -0.05) is 18.2 Å². The van der Waals surface area contributed by atoms with Gasteiger partial charge in [-0.2, -0.15) is 0 Å². The highest BCUT2D eigenvalue weighted by molar-refractivity contribution is 5.94. The normalized spacial score (nSPS) is 10.5. The fraction of sp³-hybridized carbons (Fsp3) is 0.211. The lowest BCUT2D eigenvalue weighted by Gasteiger charge is -2.09. The highest BCUT2D eigenvalue weighted by Crippen LogP contribution is 2.19. The summed E-state index contributed by atoms with van der Waals surface area (Å²) in [4.78, 5) is 12.2. The smallest absolute Gasteiger partial charge is 0.251 e. The second kappa shape index (κ2) is 7.61. The maximum atomic E-state index is 12.2. The second-order valence-corrected chi connectivity index (χ2v) is 5.52. The van der Waals surface area contributed by atoms with Crippen LogP contribution in [0.25, 0.3) is 11.5 Å². The summed E-state index contributed by atoms with van der Waals surface area (Å²) < 4.78 is 10.7. The number of nitrogens with one attached hydrogen (secondary N) is 1. The number of hydrogen-bond acceptors (Lipinski definition) is 5. The Balaban J connectivity index is 1.58. The van der Waals surface area contributed by atoms with Gasteiger partial charge in [0.05, 0.1) is 7.11 Å². The third-order valence-electron chi connectivity index (χ3n) is 3.79. The van der Waals surface area contributed by atoms with Crippen molar-refractivity contribution in [1.29, 1.82) is 0 Å². The number of methoxy groups -OCH3 is 1. The van der Waals surface area contributed by atoms with Crippen LogP contribution in [0.4, 0.5) is 0 Å². The molecule has 1 amide bonds. The van der Waals surface area contributed by atoms with Gasteiger partial charge >= 0.3 is 0 Å². The predicted octanol–water partition coefficient (Wildman–Crippen LogP) is 3.03. The first-order chi connectivity index (χ1) is 12.2. The van der Waals surface area contributed by atoms with Gasteiger partial charge in [-0.3, -0.25) is 4.79 Å². The molecule has 128 valence electrons. The van der Waals surface area contributed by atoms with E-state index in [-0.39, 0.29) is 5.91 Å². The highest BCUT2D eigenvalue weighted by Gasteiger charge is 2.09. The van der Waals surface area contributed by atoms with E-state index in [1.54, 1.807) is 38.3 Å². The number of para-hydroxylation sites is 1. The fourth-order valence-corrected chi connectivity index (χ4v) is 2.50. The average Bonchev–Trinajstić information content (AvgIpc) is 3.08. The van der Waals surface area contributed by atoms with Gasteiger partial charge in [0.15, 0.2) is 0 Å². The second-order valence-electron chi connectivity index (χ2n) is 5.52. The summed E-state index contributed by atoms with van der Waals surface area (Å²) in [6, 6.07) is 14.9. The molecule has 0 bridgehead atoms. The lowest BCUT2D eigenvalue weighted by Crippen LogP contribution is -2.25. The topological polar surface area (TPSA) is 77.2 Å². The Bertz CT molecular complexity index is 856. The van der Waals surface area contributed by atoms with Gasteiger partial charge in [0.2, 0.25) is 11.8 Å². The van der Waals surface area contributed by atoms with E-state index >= 15 is 0 Å². The molecule has 0 aliphatic rings. The van der Waals surface area contributed by atoms with Crippen LogP contribution in [0.2, 0.25) is 0 Å². The molecule has 0 fully saturated rings. The third-order valence-corrected chi connectivity index (χ3v) is 3.79. The van der Waals surface area contributed by atoms with E-state index < -0.39 is 0 Å². The van der Waals surface area contributed by atoms with Crippen LogP contribution in [-0.4, -0.2) is 29.8 Å². The monoisotopic (exact) mass is 337 g/mol. The molecule has 1 N–H and O–H groups in total. The number of hydrogen-bond donors (Lipinski definition) is 1. The standard InChI is InChI=1S/C19H19N3O3/c1-13-21-22-19(25-13)16-9-7-15(8-10-16)18(23)20-12-11-14-5-3-4-6-17(14)24-2/h3-10H,11-12H2,1-2H3,(H,20,23). The first-order valence-corrected chi connectivity index (χ1v) is 7.98. The molecule has 0 aliphatic carbocycles. The van der Waals surface area contributed by atoms with Crippen LogP contribution in [-0.2, 0) is 6.42 Å². The molecule has 0 spiro atoms. The van der Waals surface area contributed by atoms with Crippen molar-refractivity contribution in [3.05, 3.63) is 65.5 Å². The number of amides is 1.